The first-order valence-corrected chi connectivity index (χ1v) is 14.1. The number of aromatic amines is 1. The van der Waals surface area contributed by atoms with E-state index < -0.39 is 18.1 Å². The second kappa shape index (κ2) is 13.1. The van der Waals surface area contributed by atoms with Gasteiger partial charge in [0.1, 0.15) is 36.3 Å². The number of pyridine rings is 1. The number of rotatable bonds is 12. The SMILES string of the molecule is Cc1c(COc2cc(OCc3cncc(C#N)c3)c(CNC(C)(CO)C(=O)O)cc2Cl)cccc1-c1ccc2[nH]cnc2c1. The van der Waals surface area contributed by atoms with Gasteiger partial charge in [0.25, 0.3) is 0 Å². The summed E-state index contributed by atoms with van der Waals surface area (Å²) in [5, 5.41) is 31.6. The molecule has 44 heavy (non-hydrogen) atoms. The van der Waals surface area contributed by atoms with E-state index in [1.54, 1.807) is 30.7 Å². The molecule has 0 amide bonds. The fraction of sp³-hybridized carbons (Fsp3) is 0.212. The number of aliphatic hydroxyl groups is 1. The highest BCUT2D eigenvalue weighted by Gasteiger charge is 2.32. The number of carbonyl (C=O) groups is 1. The van der Waals surface area contributed by atoms with Gasteiger partial charge in [0, 0.05) is 36.1 Å². The van der Waals surface area contributed by atoms with Crippen LogP contribution in [0.15, 0.2) is 73.3 Å². The molecule has 0 bridgehead atoms. The first-order chi connectivity index (χ1) is 21.2. The van der Waals surface area contributed by atoms with E-state index in [4.69, 9.17) is 21.1 Å². The second-order valence-electron chi connectivity index (χ2n) is 10.5. The summed E-state index contributed by atoms with van der Waals surface area (Å²) >= 11 is 6.65. The van der Waals surface area contributed by atoms with Crippen LogP contribution < -0.4 is 14.8 Å². The van der Waals surface area contributed by atoms with Crippen molar-refractivity contribution in [3.63, 3.8) is 0 Å². The number of aliphatic hydroxyl groups excluding tert-OH is 1. The zero-order chi connectivity index (χ0) is 31.3. The van der Waals surface area contributed by atoms with Gasteiger partial charge in [-0.15, -0.1) is 0 Å². The van der Waals surface area contributed by atoms with Crippen molar-refractivity contribution in [3.8, 4) is 28.7 Å². The van der Waals surface area contributed by atoms with Crippen LogP contribution in [0.1, 0.15) is 34.7 Å². The minimum absolute atomic E-state index is 0.0384. The topological polar surface area (TPSA) is 153 Å². The maximum Gasteiger partial charge on any atom is 0.326 e. The van der Waals surface area contributed by atoms with Crippen LogP contribution in [0.25, 0.3) is 22.2 Å². The molecule has 11 heteroatoms. The minimum atomic E-state index is -1.58. The molecule has 4 N–H and O–H groups in total. The Balaban J connectivity index is 1.40. The number of fused-ring (bicyclic) bond motifs is 1. The van der Waals surface area contributed by atoms with E-state index in [9.17, 15) is 20.3 Å². The number of hydrogen-bond acceptors (Lipinski definition) is 8. The van der Waals surface area contributed by atoms with Gasteiger partial charge in [0.15, 0.2) is 0 Å². The molecule has 0 saturated heterocycles. The Labute approximate surface area is 258 Å². The van der Waals surface area contributed by atoms with Crippen LogP contribution in [0.2, 0.25) is 5.02 Å². The molecule has 5 rings (SSSR count). The van der Waals surface area contributed by atoms with E-state index in [-0.39, 0.29) is 19.8 Å². The third-order valence-corrected chi connectivity index (χ3v) is 7.75. The fourth-order valence-electron chi connectivity index (χ4n) is 4.64. The van der Waals surface area contributed by atoms with Crippen molar-refractivity contribution in [1.82, 2.24) is 20.3 Å². The number of benzene rings is 3. The van der Waals surface area contributed by atoms with Crippen molar-refractivity contribution in [2.75, 3.05) is 6.61 Å². The van der Waals surface area contributed by atoms with Crippen molar-refractivity contribution in [1.29, 1.82) is 5.26 Å². The molecule has 1 atom stereocenters. The summed E-state index contributed by atoms with van der Waals surface area (Å²) in [4.78, 5) is 23.3. The molecule has 0 fully saturated rings. The van der Waals surface area contributed by atoms with E-state index in [2.05, 4.69) is 38.5 Å². The summed E-state index contributed by atoms with van der Waals surface area (Å²) in [5.74, 6) is -0.433. The molecule has 0 aliphatic rings. The van der Waals surface area contributed by atoms with E-state index in [1.807, 2.05) is 31.2 Å². The zero-order valence-corrected chi connectivity index (χ0v) is 24.9. The number of nitrogens with zero attached hydrogens (tertiary/aromatic N) is 3. The van der Waals surface area contributed by atoms with Gasteiger partial charge in [-0.05, 0) is 60.4 Å². The molecular weight excluding hydrogens is 582 g/mol. The third kappa shape index (κ3) is 6.66. The lowest BCUT2D eigenvalue weighted by Gasteiger charge is -2.25. The van der Waals surface area contributed by atoms with Gasteiger partial charge in [0.2, 0.25) is 0 Å². The predicted molar refractivity (Wildman–Crippen MR) is 165 cm³/mol. The first-order valence-electron chi connectivity index (χ1n) is 13.7. The number of imidazole rings is 1. The van der Waals surface area contributed by atoms with Crippen LogP contribution in [0.5, 0.6) is 11.5 Å². The van der Waals surface area contributed by atoms with E-state index >= 15 is 0 Å². The summed E-state index contributed by atoms with van der Waals surface area (Å²) in [6.45, 7) is 3.17. The van der Waals surface area contributed by atoms with Crippen LogP contribution >= 0.6 is 11.6 Å². The van der Waals surface area contributed by atoms with Crippen molar-refractivity contribution in [2.45, 2.75) is 39.1 Å². The molecule has 0 radical (unpaired) electrons. The lowest BCUT2D eigenvalue weighted by Crippen LogP contribution is -2.52. The van der Waals surface area contributed by atoms with Crippen LogP contribution in [0.4, 0.5) is 0 Å². The van der Waals surface area contributed by atoms with E-state index in [0.717, 1.165) is 33.3 Å². The molecular formula is C33H30ClN5O5. The molecule has 224 valence electrons. The molecule has 3 aromatic carbocycles. The summed E-state index contributed by atoms with van der Waals surface area (Å²) in [6.07, 6.45) is 4.73. The average molecular weight is 612 g/mol. The number of aromatic nitrogens is 3. The van der Waals surface area contributed by atoms with Crippen molar-refractivity contribution >= 4 is 28.6 Å². The maximum absolute atomic E-state index is 11.7. The van der Waals surface area contributed by atoms with E-state index in [0.29, 0.717) is 33.2 Å². The monoisotopic (exact) mass is 611 g/mol. The van der Waals surface area contributed by atoms with Crippen LogP contribution in [-0.2, 0) is 24.6 Å². The summed E-state index contributed by atoms with van der Waals surface area (Å²) in [7, 11) is 0. The Morgan fingerprint density at radius 2 is 1.91 bits per heavy atom. The molecule has 0 spiro atoms. The lowest BCUT2D eigenvalue weighted by atomic mass is 9.96. The first kappa shape index (κ1) is 30.5. The molecule has 0 aliphatic heterocycles. The van der Waals surface area contributed by atoms with Gasteiger partial charge in [-0.25, -0.2) is 4.98 Å². The Bertz CT molecular complexity index is 1870. The zero-order valence-electron chi connectivity index (χ0n) is 24.1. The van der Waals surface area contributed by atoms with Gasteiger partial charge in [0.05, 0.1) is 34.6 Å². The Kier molecular flexibility index (Phi) is 9.11. The molecule has 0 saturated carbocycles. The standard InChI is InChI=1S/C33H30ClN5O5/c1-20-24(4-3-5-26(20)23-6-7-28-29(10-23)38-19-37-28)17-44-31-11-30(43-16-22-8-21(12-35)13-36-14-22)25(9-27(31)34)15-39-33(2,18-40)32(41)42/h3-11,13-14,19,39-40H,15-18H2,1-2H3,(H,37,38)(H,41,42). The van der Waals surface area contributed by atoms with Crippen molar-refractivity contribution in [2.24, 2.45) is 0 Å². The number of H-pyrrole nitrogens is 1. The number of nitriles is 1. The fourth-order valence-corrected chi connectivity index (χ4v) is 4.89. The highest BCUT2D eigenvalue weighted by Crippen LogP contribution is 2.35. The molecule has 2 heterocycles. The maximum atomic E-state index is 11.7. The van der Waals surface area contributed by atoms with Crippen molar-refractivity contribution in [3.05, 3.63) is 106 Å². The quantitative estimate of drug-likeness (QED) is 0.142. The molecule has 1 unspecified atom stereocenters. The van der Waals surface area contributed by atoms with Crippen LogP contribution in [0, 0.1) is 18.3 Å². The number of carboxylic acids is 1. The van der Waals surface area contributed by atoms with Gasteiger partial charge in [-0.2, -0.15) is 5.26 Å². The number of nitrogens with one attached hydrogen (secondary N) is 2. The lowest BCUT2D eigenvalue weighted by molar-refractivity contribution is -0.145. The van der Waals surface area contributed by atoms with Crippen LogP contribution in [-0.4, -0.2) is 43.3 Å². The van der Waals surface area contributed by atoms with Crippen molar-refractivity contribution < 1.29 is 24.5 Å². The highest BCUT2D eigenvalue weighted by atomic mass is 35.5. The van der Waals surface area contributed by atoms with Gasteiger partial charge in [-0.1, -0.05) is 35.9 Å². The smallest absolute Gasteiger partial charge is 0.326 e. The predicted octanol–water partition coefficient (Wildman–Crippen LogP) is 5.54. The summed E-state index contributed by atoms with van der Waals surface area (Å²) in [5.41, 5.74) is 6.03. The van der Waals surface area contributed by atoms with Gasteiger partial charge >= 0.3 is 5.97 Å². The molecule has 10 nitrogen and oxygen atoms in total. The third-order valence-electron chi connectivity index (χ3n) is 7.45. The summed E-state index contributed by atoms with van der Waals surface area (Å²) < 4.78 is 12.3. The second-order valence-corrected chi connectivity index (χ2v) is 10.9. The Morgan fingerprint density at radius 3 is 2.68 bits per heavy atom. The Morgan fingerprint density at radius 1 is 1.09 bits per heavy atom. The van der Waals surface area contributed by atoms with Gasteiger partial charge < -0.3 is 24.7 Å². The number of halogens is 1. The number of aliphatic carboxylic acids is 1. The molecule has 2 aromatic heterocycles. The normalized spacial score (nSPS) is 12.4. The van der Waals surface area contributed by atoms with Gasteiger partial charge in [-0.3, -0.25) is 15.1 Å². The average Bonchev–Trinajstić information content (AvgIpc) is 3.51. The molecule has 5 aromatic rings. The van der Waals surface area contributed by atoms with Crippen LogP contribution in [0.3, 0.4) is 0 Å². The summed E-state index contributed by atoms with van der Waals surface area (Å²) in [6, 6.07) is 19.1. The number of carboxylic acid groups (broad SMARTS) is 1. The highest BCUT2D eigenvalue weighted by molar-refractivity contribution is 6.32. The molecule has 0 aliphatic carbocycles. The van der Waals surface area contributed by atoms with E-state index in [1.165, 1.54) is 13.1 Å². The number of hydrogen-bond donors (Lipinski definition) is 4. The largest absolute Gasteiger partial charge is 0.488 e. The Hall–Kier alpha value is -4.95. The minimum Gasteiger partial charge on any atom is -0.488 e. The number of ether oxygens (including phenoxy) is 2.